The molecule has 3 nitrogen and oxygen atoms in total. The number of pyridine rings is 1. The van der Waals surface area contributed by atoms with E-state index in [9.17, 15) is 0 Å². The van der Waals surface area contributed by atoms with Crippen LogP contribution in [-0.4, -0.2) is 13.2 Å². The number of ether oxygens (including phenoxy) is 2. The number of aryl methyl sites for hydroxylation is 1. The van der Waals surface area contributed by atoms with Crippen LogP contribution in [0.5, 0.6) is 0 Å². The molecule has 4 heteroatoms. The molecule has 1 saturated heterocycles. The molecule has 1 aliphatic rings. The first kappa shape index (κ1) is 13.6. The molecule has 2 rings (SSSR count). The van der Waals surface area contributed by atoms with E-state index in [1.807, 2.05) is 0 Å². The molecule has 16 heavy (non-hydrogen) atoms. The summed E-state index contributed by atoms with van der Waals surface area (Å²) in [5, 5.41) is 0. The normalized spacial score (nSPS) is 16.1. The van der Waals surface area contributed by atoms with Crippen LogP contribution in [0.1, 0.15) is 31.6 Å². The van der Waals surface area contributed by atoms with Gasteiger partial charge in [0.15, 0.2) is 18.7 Å². The molecule has 1 aliphatic heterocycles. The number of halogens is 1. The first-order valence-electron chi connectivity index (χ1n) is 5.62. The first-order chi connectivity index (χ1) is 7.40. The third-order valence-corrected chi connectivity index (χ3v) is 2.58. The van der Waals surface area contributed by atoms with Gasteiger partial charge < -0.3 is 26.5 Å². The van der Waals surface area contributed by atoms with Gasteiger partial charge in [-0.05, 0) is 0 Å². The standard InChI is InChI=1S/C12H18NO2.BrH/c1-2-3-6-13-7-4-11(5-8-13)12-14-9-10-15-12;/h4-5,7-8,12H,2-3,6,9-10H2,1H3;1H/q+1;/p-1. The van der Waals surface area contributed by atoms with E-state index < -0.39 is 0 Å². The van der Waals surface area contributed by atoms with E-state index in [-0.39, 0.29) is 23.3 Å². The second kappa shape index (κ2) is 6.99. The lowest BCUT2D eigenvalue weighted by Gasteiger charge is -2.07. The highest BCUT2D eigenvalue weighted by Crippen LogP contribution is 2.21. The summed E-state index contributed by atoms with van der Waals surface area (Å²) in [7, 11) is 0. The van der Waals surface area contributed by atoms with E-state index in [0.29, 0.717) is 13.2 Å². The second-order valence-electron chi connectivity index (χ2n) is 3.80. The van der Waals surface area contributed by atoms with Crippen molar-refractivity contribution in [2.24, 2.45) is 0 Å². The van der Waals surface area contributed by atoms with Crippen LogP contribution in [-0.2, 0) is 16.0 Å². The number of hydrogen-bond acceptors (Lipinski definition) is 2. The summed E-state index contributed by atoms with van der Waals surface area (Å²) >= 11 is 0. The highest BCUT2D eigenvalue weighted by molar-refractivity contribution is 5.09. The van der Waals surface area contributed by atoms with E-state index in [0.717, 1.165) is 12.1 Å². The lowest BCUT2D eigenvalue weighted by molar-refractivity contribution is -0.697. The van der Waals surface area contributed by atoms with Gasteiger partial charge in [0.1, 0.15) is 6.54 Å². The van der Waals surface area contributed by atoms with Crippen molar-refractivity contribution in [3.05, 3.63) is 30.1 Å². The quantitative estimate of drug-likeness (QED) is 0.651. The summed E-state index contributed by atoms with van der Waals surface area (Å²) in [6, 6.07) is 4.15. The van der Waals surface area contributed by atoms with Crippen LogP contribution in [0.2, 0.25) is 0 Å². The van der Waals surface area contributed by atoms with Crippen LogP contribution in [0.4, 0.5) is 0 Å². The third-order valence-electron chi connectivity index (χ3n) is 2.58. The number of aromatic nitrogens is 1. The summed E-state index contributed by atoms with van der Waals surface area (Å²) in [6.45, 7) is 4.70. The van der Waals surface area contributed by atoms with Crippen molar-refractivity contribution in [2.75, 3.05) is 13.2 Å². The Bertz CT molecular complexity index is 296. The highest BCUT2D eigenvalue weighted by Gasteiger charge is 2.18. The van der Waals surface area contributed by atoms with Gasteiger partial charge in [0.25, 0.3) is 0 Å². The Hall–Kier alpha value is -0.450. The van der Waals surface area contributed by atoms with E-state index in [1.54, 1.807) is 0 Å². The summed E-state index contributed by atoms with van der Waals surface area (Å²) in [4.78, 5) is 0. The SMILES string of the molecule is CCCC[n+]1ccc(C2OCCO2)cc1.[Br-]. The molecule has 0 bridgehead atoms. The Kier molecular flexibility index (Phi) is 5.95. The number of hydrogen-bond donors (Lipinski definition) is 0. The second-order valence-corrected chi connectivity index (χ2v) is 3.80. The van der Waals surface area contributed by atoms with Gasteiger partial charge in [-0.1, -0.05) is 13.3 Å². The van der Waals surface area contributed by atoms with Gasteiger partial charge in [-0.15, -0.1) is 0 Å². The van der Waals surface area contributed by atoms with E-state index >= 15 is 0 Å². The fourth-order valence-corrected chi connectivity index (χ4v) is 1.67. The molecule has 0 unspecified atom stereocenters. The fraction of sp³-hybridized carbons (Fsp3) is 0.583. The van der Waals surface area contributed by atoms with Gasteiger partial charge in [-0.2, -0.15) is 0 Å². The Morgan fingerprint density at radius 1 is 1.25 bits per heavy atom. The predicted molar refractivity (Wildman–Crippen MR) is 56.2 cm³/mol. The summed E-state index contributed by atoms with van der Waals surface area (Å²) < 4.78 is 13.1. The molecular weight excluding hydrogens is 270 g/mol. The Morgan fingerprint density at radius 3 is 2.44 bits per heavy atom. The lowest BCUT2D eigenvalue weighted by Crippen LogP contribution is -3.00. The van der Waals surface area contributed by atoms with Crippen molar-refractivity contribution >= 4 is 0 Å². The van der Waals surface area contributed by atoms with E-state index in [1.165, 1.54) is 12.8 Å². The Morgan fingerprint density at radius 2 is 1.88 bits per heavy atom. The molecule has 0 spiro atoms. The largest absolute Gasteiger partial charge is 1.00 e. The van der Waals surface area contributed by atoms with Crippen molar-refractivity contribution < 1.29 is 31.0 Å². The minimum absolute atomic E-state index is 0. The van der Waals surface area contributed by atoms with Crippen molar-refractivity contribution in [1.29, 1.82) is 0 Å². The van der Waals surface area contributed by atoms with Crippen LogP contribution in [0.3, 0.4) is 0 Å². The average Bonchev–Trinajstić information content (AvgIpc) is 2.80. The van der Waals surface area contributed by atoms with E-state index in [4.69, 9.17) is 9.47 Å². The number of rotatable bonds is 4. The molecule has 0 N–H and O–H groups in total. The maximum Gasteiger partial charge on any atom is 0.184 e. The maximum atomic E-state index is 5.43. The van der Waals surface area contributed by atoms with Crippen LogP contribution >= 0.6 is 0 Å². The molecule has 0 aromatic carbocycles. The van der Waals surface area contributed by atoms with Crippen LogP contribution < -0.4 is 21.5 Å². The molecule has 0 radical (unpaired) electrons. The predicted octanol–water partition coefficient (Wildman–Crippen LogP) is -1.18. The Labute approximate surface area is 107 Å². The lowest BCUT2D eigenvalue weighted by atomic mass is 10.2. The van der Waals surface area contributed by atoms with Gasteiger partial charge in [0.2, 0.25) is 0 Å². The summed E-state index contributed by atoms with van der Waals surface area (Å²) in [5.41, 5.74) is 1.11. The van der Waals surface area contributed by atoms with Crippen molar-refractivity contribution in [1.82, 2.24) is 0 Å². The average molecular weight is 288 g/mol. The zero-order valence-corrected chi connectivity index (χ0v) is 11.1. The highest BCUT2D eigenvalue weighted by atomic mass is 79.9. The molecule has 90 valence electrons. The monoisotopic (exact) mass is 287 g/mol. The Balaban J connectivity index is 0.00000128. The molecular formula is C12H18BrNO2. The van der Waals surface area contributed by atoms with Gasteiger partial charge in [-0.25, -0.2) is 4.57 Å². The van der Waals surface area contributed by atoms with Crippen molar-refractivity contribution in [2.45, 2.75) is 32.6 Å². The fourth-order valence-electron chi connectivity index (χ4n) is 1.67. The molecule has 1 aromatic heterocycles. The first-order valence-corrected chi connectivity index (χ1v) is 5.62. The molecule has 2 heterocycles. The molecule has 1 fully saturated rings. The number of unbranched alkanes of at least 4 members (excludes halogenated alkanes) is 1. The third kappa shape index (κ3) is 3.54. The van der Waals surface area contributed by atoms with Gasteiger partial charge in [0, 0.05) is 24.1 Å². The molecule has 1 aromatic rings. The van der Waals surface area contributed by atoms with Crippen molar-refractivity contribution in [3.8, 4) is 0 Å². The van der Waals surface area contributed by atoms with Gasteiger partial charge >= 0.3 is 0 Å². The zero-order valence-electron chi connectivity index (χ0n) is 9.56. The van der Waals surface area contributed by atoms with Crippen LogP contribution in [0.15, 0.2) is 24.5 Å². The summed E-state index contributed by atoms with van der Waals surface area (Å²) in [5.74, 6) is 0. The molecule has 0 amide bonds. The van der Waals surface area contributed by atoms with Gasteiger partial charge in [0.05, 0.1) is 13.2 Å². The topological polar surface area (TPSA) is 22.3 Å². The van der Waals surface area contributed by atoms with Crippen molar-refractivity contribution in [3.63, 3.8) is 0 Å². The van der Waals surface area contributed by atoms with Gasteiger partial charge in [-0.3, -0.25) is 0 Å². The zero-order chi connectivity index (χ0) is 10.5. The maximum absolute atomic E-state index is 5.43. The summed E-state index contributed by atoms with van der Waals surface area (Å²) in [6.07, 6.45) is 6.49. The molecule has 0 aliphatic carbocycles. The molecule has 0 saturated carbocycles. The smallest absolute Gasteiger partial charge is 0.184 e. The number of nitrogens with zero attached hydrogens (tertiary/aromatic N) is 1. The molecule has 0 atom stereocenters. The van der Waals surface area contributed by atoms with Crippen LogP contribution in [0, 0.1) is 0 Å². The van der Waals surface area contributed by atoms with E-state index in [2.05, 4.69) is 36.0 Å². The minimum Gasteiger partial charge on any atom is -1.00 e. The van der Waals surface area contributed by atoms with Crippen LogP contribution in [0.25, 0.3) is 0 Å². The minimum atomic E-state index is -0.147.